The predicted molar refractivity (Wildman–Crippen MR) is 77.6 cm³/mol. The van der Waals surface area contributed by atoms with Gasteiger partial charge in [-0.15, -0.1) is 6.58 Å². The standard InChI is InChI=1S/C12H13IN2O3/c1-3-4-7-14(2)12(16)10-8-9(15(17)18)5-6-11(10)13/h3,5-6,8H,1,4,7H2,2H3. The van der Waals surface area contributed by atoms with E-state index in [0.717, 1.165) is 0 Å². The Bertz CT molecular complexity index is 488. The lowest BCUT2D eigenvalue weighted by molar-refractivity contribution is -0.384. The highest BCUT2D eigenvalue weighted by Crippen LogP contribution is 2.20. The zero-order valence-corrected chi connectivity index (χ0v) is 12.1. The molecule has 1 rings (SSSR count). The van der Waals surface area contributed by atoms with Gasteiger partial charge in [-0.2, -0.15) is 0 Å². The molecule has 0 atom stereocenters. The van der Waals surface area contributed by atoms with E-state index in [1.54, 1.807) is 19.2 Å². The van der Waals surface area contributed by atoms with Gasteiger partial charge in [0, 0.05) is 29.3 Å². The summed E-state index contributed by atoms with van der Waals surface area (Å²) in [4.78, 5) is 23.8. The number of nitrogens with zero attached hydrogens (tertiary/aromatic N) is 2. The maximum Gasteiger partial charge on any atom is 0.270 e. The summed E-state index contributed by atoms with van der Waals surface area (Å²) < 4.78 is 0.702. The summed E-state index contributed by atoms with van der Waals surface area (Å²) in [6.07, 6.45) is 2.41. The zero-order valence-electron chi connectivity index (χ0n) is 9.93. The maximum absolute atomic E-state index is 12.1. The molecule has 0 fully saturated rings. The van der Waals surface area contributed by atoms with Gasteiger partial charge in [0.1, 0.15) is 0 Å². The Morgan fingerprint density at radius 2 is 2.28 bits per heavy atom. The normalized spacial score (nSPS) is 9.89. The fraction of sp³-hybridized carbons (Fsp3) is 0.250. The van der Waals surface area contributed by atoms with E-state index in [1.165, 1.54) is 17.0 Å². The van der Waals surface area contributed by atoms with Gasteiger partial charge in [-0.1, -0.05) is 6.08 Å². The quantitative estimate of drug-likeness (QED) is 0.351. The Morgan fingerprint density at radius 1 is 1.61 bits per heavy atom. The molecular formula is C12H13IN2O3. The fourth-order valence-electron chi connectivity index (χ4n) is 1.38. The van der Waals surface area contributed by atoms with Crippen molar-refractivity contribution in [3.05, 3.63) is 50.1 Å². The van der Waals surface area contributed by atoms with Gasteiger partial charge in [0.05, 0.1) is 10.5 Å². The molecule has 0 unspecified atom stereocenters. The number of nitro benzene ring substituents is 1. The van der Waals surface area contributed by atoms with E-state index in [4.69, 9.17) is 0 Å². The van der Waals surface area contributed by atoms with E-state index in [9.17, 15) is 14.9 Å². The first-order chi connectivity index (χ1) is 8.47. The van der Waals surface area contributed by atoms with Crippen LogP contribution in [-0.2, 0) is 0 Å². The van der Waals surface area contributed by atoms with Gasteiger partial charge in [0.2, 0.25) is 0 Å². The van der Waals surface area contributed by atoms with Gasteiger partial charge in [-0.3, -0.25) is 14.9 Å². The Hall–Kier alpha value is -1.44. The number of carbonyl (C=O) groups excluding carboxylic acids is 1. The zero-order chi connectivity index (χ0) is 13.7. The van der Waals surface area contributed by atoms with Gasteiger partial charge < -0.3 is 4.90 Å². The molecule has 5 nitrogen and oxygen atoms in total. The molecule has 0 aromatic heterocycles. The third-order valence-electron chi connectivity index (χ3n) is 2.41. The first kappa shape index (κ1) is 14.6. The van der Waals surface area contributed by atoms with Crippen molar-refractivity contribution in [3.63, 3.8) is 0 Å². The molecule has 0 heterocycles. The minimum Gasteiger partial charge on any atom is -0.341 e. The number of rotatable bonds is 5. The van der Waals surface area contributed by atoms with Crippen LogP contribution in [0.15, 0.2) is 30.9 Å². The molecule has 0 saturated carbocycles. The van der Waals surface area contributed by atoms with Gasteiger partial charge >= 0.3 is 0 Å². The SMILES string of the molecule is C=CCCN(C)C(=O)c1cc([N+](=O)[O-])ccc1I. The second-order valence-corrected chi connectivity index (χ2v) is 4.89. The molecular weight excluding hydrogens is 347 g/mol. The van der Waals surface area contributed by atoms with Crippen molar-refractivity contribution in [1.29, 1.82) is 0 Å². The maximum atomic E-state index is 12.1. The van der Waals surface area contributed by atoms with Crippen LogP contribution in [0.5, 0.6) is 0 Å². The molecule has 1 aromatic carbocycles. The second kappa shape index (κ2) is 6.48. The minimum atomic E-state index is -0.503. The van der Waals surface area contributed by atoms with E-state index >= 15 is 0 Å². The molecule has 0 N–H and O–H groups in total. The highest BCUT2D eigenvalue weighted by Gasteiger charge is 2.18. The number of non-ortho nitro benzene ring substituents is 1. The fourth-order valence-corrected chi connectivity index (χ4v) is 1.95. The van der Waals surface area contributed by atoms with Crippen molar-refractivity contribution in [3.8, 4) is 0 Å². The summed E-state index contributed by atoms with van der Waals surface area (Å²) in [7, 11) is 1.67. The lowest BCUT2D eigenvalue weighted by Gasteiger charge is -2.16. The van der Waals surface area contributed by atoms with Crippen molar-refractivity contribution in [2.45, 2.75) is 6.42 Å². The Kier molecular flexibility index (Phi) is 5.26. The highest BCUT2D eigenvalue weighted by molar-refractivity contribution is 14.1. The smallest absolute Gasteiger partial charge is 0.270 e. The topological polar surface area (TPSA) is 63.5 Å². The van der Waals surface area contributed by atoms with Crippen molar-refractivity contribution >= 4 is 34.2 Å². The molecule has 18 heavy (non-hydrogen) atoms. The Morgan fingerprint density at radius 3 is 2.83 bits per heavy atom. The number of carbonyl (C=O) groups is 1. The summed E-state index contributed by atoms with van der Waals surface area (Å²) in [5.74, 6) is -0.218. The third kappa shape index (κ3) is 3.52. The van der Waals surface area contributed by atoms with E-state index < -0.39 is 4.92 Å². The molecule has 0 bridgehead atoms. The van der Waals surface area contributed by atoms with E-state index in [2.05, 4.69) is 6.58 Å². The second-order valence-electron chi connectivity index (χ2n) is 3.73. The molecule has 0 radical (unpaired) electrons. The highest BCUT2D eigenvalue weighted by atomic mass is 127. The van der Waals surface area contributed by atoms with Crippen molar-refractivity contribution in [1.82, 2.24) is 4.90 Å². The molecule has 0 aliphatic rings. The number of benzene rings is 1. The molecule has 0 spiro atoms. The van der Waals surface area contributed by atoms with Crippen LogP contribution in [0, 0.1) is 13.7 Å². The summed E-state index contributed by atoms with van der Waals surface area (Å²) in [6.45, 7) is 4.13. The third-order valence-corrected chi connectivity index (χ3v) is 3.35. The number of hydrogen-bond acceptors (Lipinski definition) is 3. The molecule has 0 aliphatic heterocycles. The summed E-state index contributed by atoms with van der Waals surface area (Å²) in [5, 5.41) is 10.7. The van der Waals surface area contributed by atoms with Crippen LogP contribution >= 0.6 is 22.6 Å². The number of halogens is 1. The number of nitro groups is 1. The van der Waals surface area contributed by atoms with Gasteiger partial charge in [-0.05, 0) is 35.1 Å². The van der Waals surface area contributed by atoms with Crippen molar-refractivity contribution < 1.29 is 9.72 Å². The van der Waals surface area contributed by atoms with Crippen LogP contribution in [0.2, 0.25) is 0 Å². The predicted octanol–water partition coefficient (Wildman–Crippen LogP) is 2.85. The Labute approximate surface area is 119 Å². The first-order valence-electron chi connectivity index (χ1n) is 5.27. The molecule has 1 amide bonds. The van der Waals surface area contributed by atoms with E-state index in [1.807, 2.05) is 22.6 Å². The van der Waals surface area contributed by atoms with Crippen LogP contribution in [0.1, 0.15) is 16.8 Å². The molecule has 1 aromatic rings. The van der Waals surface area contributed by atoms with Crippen molar-refractivity contribution in [2.75, 3.05) is 13.6 Å². The van der Waals surface area contributed by atoms with Gasteiger partial charge in [-0.25, -0.2) is 0 Å². The van der Waals surface area contributed by atoms with Crippen LogP contribution in [0.4, 0.5) is 5.69 Å². The average Bonchev–Trinajstić information content (AvgIpc) is 2.35. The summed E-state index contributed by atoms with van der Waals surface area (Å²) >= 11 is 2.00. The largest absolute Gasteiger partial charge is 0.341 e. The average molecular weight is 360 g/mol. The lowest BCUT2D eigenvalue weighted by atomic mass is 10.2. The molecule has 6 heteroatoms. The van der Waals surface area contributed by atoms with Gasteiger partial charge in [0.15, 0.2) is 0 Å². The van der Waals surface area contributed by atoms with E-state index in [0.29, 0.717) is 22.1 Å². The summed E-state index contributed by atoms with van der Waals surface area (Å²) in [6, 6.07) is 4.28. The molecule has 0 aliphatic carbocycles. The minimum absolute atomic E-state index is 0.0733. The molecule has 96 valence electrons. The molecule has 0 saturated heterocycles. The van der Waals surface area contributed by atoms with Crippen molar-refractivity contribution in [2.24, 2.45) is 0 Å². The van der Waals surface area contributed by atoms with Crippen LogP contribution in [-0.4, -0.2) is 29.3 Å². The van der Waals surface area contributed by atoms with Crippen LogP contribution in [0.3, 0.4) is 0 Å². The monoisotopic (exact) mass is 360 g/mol. The Balaban J connectivity index is 3.00. The van der Waals surface area contributed by atoms with Crippen LogP contribution in [0.25, 0.3) is 0 Å². The van der Waals surface area contributed by atoms with Crippen LogP contribution < -0.4 is 0 Å². The van der Waals surface area contributed by atoms with Gasteiger partial charge in [0.25, 0.3) is 11.6 Å². The first-order valence-corrected chi connectivity index (χ1v) is 6.35. The number of hydrogen-bond donors (Lipinski definition) is 0. The van der Waals surface area contributed by atoms with E-state index in [-0.39, 0.29) is 11.6 Å². The summed E-state index contributed by atoms with van der Waals surface area (Å²) in [5.41, 5.74) is 0.284. The number of amides is 1. The lowest BCUT2D eigenvalue weighted by Crippen LogP contribution is -2.28.